The molecule has 6 aliphatic rings. The summed E-state index contributed by atoms with van der Waals surface area (Å²) in [5, 5.41) is 6.33. The number of anilines is 3. The number of rotatable bonds is 8. The smallest absolute Gasteiger partial charge is 0.251 e. The molecular weight excluding hydrogens is 689 g/mol. The van der Waals surface area contributed by atoms with Crippen LogP contribution in [0.25, 0.3) is 22.3 Å². The quantitative estimate of drug-likeness (QED) is 0.203. The number of aryl methyl sites for hydroxylation is 1. The zero-order valence-corrected chi connectivity index (χ0v) is 32.1. The summed E-state index contributed by atoms with van der Waals surface area (Å²) < 4.78 is 2.23. The number of pyridine rings is 1. The van der Waals surface area contributed by atoms with Crippen LogP contribution >= 0.6 is 0 Å². The first kappa shape index (κ1) is 34.7. The second-order valence-corrected chi connectivity index (χ2v) is 17.2. The highest BCUT2D eigenvalue weighted by Gasteiger charge is 2.56. The van der Waals surface area contributed by atoms with Crippen LogP contribution in [0.15, 0.2) is 48.8 Å². The molecule has 3 aliphatic heterocycles. The first-order valence-corrected chi connectivity index (χ1v) is 20.8. The topological polar surface area (TPSA) is 116 Å². The molecule has 2 aromatic carbocycles. The van der Waals surface area contributed by atoms with Crippen molar-refractivity contribution < 1.29 is 14.4 Å². The Balaban J connectivity index is 1.02. The van der Waals surface area contributed by atoms with Crippen LogP contribution in [0.5, 0.6) is 0 Å². The zero-order valence-electron chi connectivity index (χ0n) is 32.1. The Morgan fingerprint density at radius 1 is 0.855 bits per heavy atom. The van der Waals surface area contributed by atoms with E-state index < -0.39 is 5.41 Å². The van der Waals surface area contributed by atoms with Crippen LogP contribution in [0.2, 0.25) is 0 Å². The Labute approximate surface area is 322 Å². The van der Waals surface area contributed by atoms with Gasteiger partial charge in [-0.25, -0.2) is 9.97 Å². The van der Waals surface area contributed by atoms with Gasteiger partial charge in [-0.3, -0.25) is 14.4 Å². The number of carbonyl (C=O) groups is 3. The maximum absolute atomic E-state index is 14.9. The molecule has 5 heterocycles. The highest BCUT2D eigenvalue weighted by atomic mass is 16.2. The second-order valence-electron chi connectivity index (χ2n) is 17.2. The number of benzene rings is 2. The SMILES string of the molecule is CNC(=O)c1cc(Nc2nc(-c3ccc4c(c3)N(C3CC(N5CCCCC5)C3)C(=O)C43CCN(C(=O)C4CCC4)CC3)cc3ncn(C4CC4)c23)ccc1C. The standard InChI is InChI=1S/C44H52N8O3/c1-27-9-11-30(22-34(27)41(53)45-2)47-40-39-37(46-26-51(39)31-12-13-31)25-36(48-40)29-10-14-35-38(21-29)52(33-23-32(24-33)49-17-4-3-5-18-49)43(55)44(35)15-19-50(20-16-44)42(54)28-7-6-8-28/h9-11,14,21-22,25-26,28,31-33H,3-8,12-13,15-20,23-24H2,1-2H3,(H,45,53)(H,47,48). The van der Waals surface area contributed by atoms with E-state index in [0.717, 1.165) is 103 Å². The van der Waals surface area contributed by atoms with Gasteiger partial charge in [0.2, 0.25) is 11.8 Å². The predicted octanol–water partition coefficient (Wildman–Crippen LogP) is 6.87. The van der Waals surface area contributed by atoms with Gasteiger partial charge in [0, 0.05) is 66.7 Å². The van der Waals surface area contributed by atoms with Crippen LogP contribution < -0.4 is 15.5 Å². The number of piperidine rings is 2. The lowest BCUT2D eigenvalue weighted by Gasteiger charge is -2.48. The van der Waals surface area contributed by atoms with E-state index in [-0.39, 0.29) is 29.7 Å². The molecule has 11 heteroatoms. The average Bonchev–Trinajstić information content (AvgIpc) is 3.88. The maximum Gasteiger partial charge on any atom is 0.251 e. The largest absolute Gasteiger partial charge is 0.355 e. The monoisotopic (exact) mass is 740 g/mol. The van der Waals surface area contributed by atoms with Crippen molar-refractivity contribution in [2.24, 2.45) is 5.92 Å². The van der Waals surface area contributed by atoms with Gasteiger partial charge in [0.25, 0.3) is 5.91 Å². The molecule has 55 heavy (non-hydrogen) atoms. The summed E-state index contributed by atoms with van der Waals surface area (Å²) in [6.07, 6.45) is 14.5. The molecule has 3 amide bonds. The molecule has 10 rings (SSSR count). The van der Waals surface area contributed by atoms with Gasteiger partial charge in [-0.15, -0.1) is 0 Å². The van der Waals surface area contributed by atoms with Crippen molar-refractivity contribution in [2.75, 3.05) is 43.4 Å². The van der Waals surface area contributed by atoms with Crippen LogP contribution in [-0.4, -0.2) is 87.4 Å². The minimum atomic E-state index is -0.610. The molecule has 3 aliphatic carbocycles. The molecule has 286 valence electrons. The lowest BCUT2D eigenvalue weighted by Crippen LogP contribution is -2.58. The summed E-state index contributed by atoms with van der Waals surface area (Å²) in [6.45, 7) is 5.54. The lowest BCUT2D eigenvalue weighted by molar-refractivity contribution is -0.141. The average molecular weight is 741 g/mol. The van der Waals surface area contributed by atoms with Gasteiger partial charge in [0.05, 0.1) is 23.0 Å². The third-order valence-electron chi connectivity index (χ3n) is 13.9. The number of amides is 3. The molecule has 0 radical (unpaired) electrons. The molecule has 0 unspecified atom stereocenters. The number of nitrogens with zero attached hydrogens (tertiary/aromatic N) is 6. The van der Waals surface area contributed by atoms with E-state index in [2.05, 4.69) is 49.3 Å². The highest BCUT2D eigenvalue weighted by molar-refractivity contribution is 6.09. The van der Waals surface area contributed by atoms with Gasteiger partial charge in [-0.2, -0.15) is 0 Å². The van der Waals surface area contributed by atoms with Gasteiger partial charge in [0.15, 0.2) is 5.82 Å². The number of fused-ring (bicyclic) bond motifs is 3. The molecular formula is C44H52N8O3. The fraction of sp³-hybridized carbons (Fsp3) is 0.523. The summed E-state index contributed by atoms with van der Waals surface area (Å²) in [5.74, 6) is 1.24. The van der Waals surface area contributed by atoms with Gasteiger partial charge in [0.1, 0.15) is 5.52 Å². The van der Waals surface area contributed by atoms with E-state index in [9.17, 15) is 14.4 Å². The minimum Gasteiger partial charge on any atom is -0.355 e. The van der Waals surface area contributed by atoms with E-state index in [1.807, 2.05) is 36.4 Å². The third-order valence-corrected chi connectivity index (χ3v) is 13.9. The van der Waals surface area contributed by atoms with E-state index in [0.29, 0.717) is 49.4 Å². The number of hydrogen-bond acceptors (Lipinski definition) is 7. The maximum atomic E-state index is 14.9. The molecule has 0 bridgehead atoms. The van der Waals surface area contributed by atoms with Crippen LogP contribution in [0.4, 0.5) is 17.2 Å². The molecule has 4 aromatic rings. The number of aromatic nitrogens is 3. The molecule has 3 saturated carbocycles. The van der Waals surface area contributed by atoms with Crippen molar-refractivity contribution in [3.63, 3.8) is 0 Å². The van der Waals surface area contributed by atoms with Crippen molar-refractivity contribution >= 4 is 45.9 Å². The van der Waals surface area contributed by atoms with E-state index in [4.69, 9.17) is 9.97 Å². The Morgan fingerprint density at radius 3 is 2.35 bits per heavy atom. The second kappa shape index (κ2) is 13.5. The van der Waals surface area contributed by atoms with Gasteiger partial charge < -0.3 is 29.9 Å². The van der Waals surface area contributed by atoms with Crippen LogP contribution in [0, 0.1) is 12.8 Å². The number of carbonyl (C=O) groups excluding carboxylic acids is 3. The fourth-order valence-electron chi connectivity index (χ4n) is 10.1. The van der Waals surface area contributed by atoms with Crippen LogP contribution in [0.1, 0.15) is 105 Å². The normalized spacial score (nSPS) is 23.8. The van der Waals surface area contributed by atoms with E-state index in [1.165, 1.54) is 19.3 Å². The Kier molecular flexibility index (Phi) is 8.49. The molecule has 11 nitrogen and oxygen atoms in total. The molecule has 0 atom stereocenters. The third kappa shape index (κ3) is 5.83. The van der Waals surface area contributed by atoms with Gasteiger partial charge in [-0.1, -0.05) is 31.0 Å². The molecule has 5 fully saturated rings. The predicted molar refractivity (Wildman–Crippen MR) is 214 cm³/mol. The fourth-order valence-corrected chi connectivity index (χ4v) is 10.1. The lowest BCUT2D eigenvalue weighted by atomic mass is 9.72. The van der Waals surface area contributed by atoms with Gasteiger partial charge in [-0.05, 0) is 120 Å². The van der Waals surface area contributed by atoms with Crippen molar-refractivity contribution in [2.45, 2.75) is 108 Å². The summed E-state index contributed by atoms with van der Waals surface area (Å²) >= 11 is 0. The van der Waals surface area contributed by atoms with Gasteiger partial charge >= 0.3 is 0 Å². The summed E-state index contributed by atoms with van der Waals surface area (Å²) in [7, 11) is 1.65. The first-order chi connectivity index (χ1) is 26.8. The molecule has 1 spiro atoms. The Bertz CT molecular complexity index is 2180. The molecule has 2 saturated heterocycles. The van der Waals surface area contributed by atoms with E-state index >= 15 is 0 Å². The number of imidazole rings is 1. The summed E-state index contributed by atoms with van der Waals surface area (Å²) in [6, 6.07) is 15.5. The van der Waals surface area contributed by atoms with Crippen molar-refractivity contribution in [1.82, 2.24) is 29.7 Å². The minimum absolute atomic E-state index is 0.129. The summed E-state index contributed by atoms with van der Waals surface area (Å²) in [5.41, 5.74) is 7.34. The Hall–Kier alpha value is -4.77. The van der Waals surface area contributed by atoms with Crippen LogP contribution in [0.3, 0.4) is 0 Å². The molecule has 2 N–H and O–H groups in total. The zero-order chi connectivity index (χ0) is 37.4. The number of hydrogen-bond donors (Lipinski definition) is 2. The van der Waals surface area contributed by atoms with Crippen molar-refractivity contribution in [3.8, 4) is 11.3 Å². The molecule has 2 aromatic heterocycles. The van der Waals surface area contributed by atoms with Crippen LogP contribution in [-0.2, 0) is 15.0 Å². The van der Waals surface area contributed by atoms with Crippen molar-refractivity contribution in [3.05, 3.63) is 65.5 Å². The summed E-state index contributed by atoms with van der Waals surface area (Å²) in [4.78, 5) is 57.9. The number of nitrogens with one attached hydrogen (secondary N) is 2. The van der Waals surface area contributed by atoms with E-state index in [1.54, 1.807) is 7.05 Å². The number of likely N-dealkylation sites (tertiary alicyclic amines) is 2. The highest BCUT2D eigenvalue weighted by Crippen LogP contribution is 2.52. The van der Waals surface area contributed by atoms with Crippen molar-refractivity contribution in [1.29, 1.82) is 0 Å². The first-order valence-electron chi connectivity index (χ1n) is 20.8. The Morgan fingerprint density at radius 2 is 1.64 bits per heavy atom.